The molecule has 0 spiro atoms. The molecule has 8 nitrogen and oxygen atoms in total. The minimum Gasteiger partial charge on any atom is -0.438 e. The molecule has 2 aromatic heterocycles. The van der Waals surface area contributed by atoms with Crippen LogP contribution in [-0.4, -0.2) is 34.5 Å². The number of nitrogens with zero attached hydrogens (tertiary/aromatic N) is 3. The fraction of sp³-hybridized carbons (Fsp3) is 0.280. The Hall–Kier alpha value is -3.96. The van der Waals surface area contributed by atoms with Gasteiger partial charge in [0.05, 0.1) is 6.10 Å². The predicted octanol–water partition coefficient (Wildman–Crippen LogP) is 3.31. The van der Waals surface area contributed by atoms with Crippen LogP contribution in [-0.2, 0) is 9.53 Å². The van der Waals surface area contributed by atoms with Crippen molar-refractivity contribution in [3.05, 3.63) is 75.2 Å². The number of carbonyl (C=O) groups excluding carboxylic acids is 1. The molecule has 1 aliphatic rings. The number of rotatable bonds is 6. The van der Waals surface area contributed by atoms with Crippen molar-refractivity contribution in [2.24, 2.45) is 0 Å². The lowest BCUT2D eigenvalue weighted by Crippen LogP contribution is -2.32. The van der Waals surface area contributed by atoms with Crippen molar-refractivity contribution in [2.45, 2.75) is 32.8 Å². The second-order valence-electron chi connectivity index (χ2n) is 7.95. The highest BCUT2D eigenvalue weighted by Crippen LogP contribution is 2.25. The molecule has 3 aromatic rings. The van der Waals surface area contributed by atoms with Crippen molar-refractivity contribution in [2.75, 3.05) is 13.2 Å². The van der Waals surface area contributed by atoms with E-state index >= 15 is 0 Å². The zero-order valence-corrected chi connectivity index (χ0v) is 18.5. The van der Waals surface area contributed by atoms with Gasteiger partial charge in [0.25, 0.3) is 11.5 Å². The number of pyridine rings is 1. The highest BCUT2D eigenvalue weighted by atomic mass is 16.5. The number of aromatic nitrogens is 2. The Balaban J connectivity index is 1.75. The topological polar surface area (TPSA) is 106 Å². The van der Waals surface area contributed by atoms with E-state index in [2.05, 4.69) is 10.3 Å². The highest BCUT2D eigenvalue weighted by Gasteiger charge is 2.20. The number of benzene rings is 1. The Morgan fingerprint density at radius 2 is 2.12 bits per heavy atom. The first-order valence-corrected chi connectivity index (χ1v) is 10.7. The molecule has 1 aromatic carbocycles. The first-order chi connectivity index (χ1) is 16.0. The minimum absolute atomic E-state index is 0.0162. The fourth-order valence-electron chi connectivity index (χ4n) is 3.61. The molecule has 8 heteroatoms. The molecular formula is C25H24N4O4. The molecule has 1 atom stereocenters. The van der Waals surface area contributed by atoms with E-state index < -0.39 is 11.5 Å². The molecule has 1 saturated heterocycles. The zero-order chi connectivity index (χ0) is 23.4. The Kier molecular flexibility index (Phi) is 6.52. The van der Waals surface area contributed by atoms with Crippen LogP contribution in [0.1, 0.15) is 29.5 Å². The van der Waals surface area contributed by atoms with Gasteiger partial charge in [-0.15, -0.1) is 0 Å². The summed E-state index contributed by atoms with van der Waals surface area (Å²) in [5, 5.41) is 12.3. The lowest BCUT2D eigenvalue weighted by molar-refractivity contribution is -0.117. The number of carbonyl (C=O) groups is 1. The van der Waals surface area contributed by atoms with Gasteiger partial charge >= 0.3 is 0 Å². The monoisotopic (exact) mass is 444 g/mol. The first kappa shape index (κ1) is 22.2. The van der Waals surface area contributed by atoms with Crippen molar-refractivity contribution in [1.82, 2.24) is 14.7 Å². The quantitative estimate of drug-likeness (QED) is 0.462. The Morgan fingerprint density at radius 3 is 2.82 bits per heavy atom. The molecule has 1 unspecified atom stereocenters. The number of fused-ring (bicyclic) bond motifs is 1. The molecule has 0 radical (unpaired) electrons. The molecule has 0 aliphatic carbocycles. The number of nitrogens with one attached hydrogen (secondary N) is 1. The van der Waals surface area contributed by atoms with Gasteiger partial charge in [-0.25, -0.2) is 0 Å². The number of aryl methyl sites for hydroxylation is 2. The lowest BCUT2D eigenvalue weighted by Gasteiger charge is -2.12. The molecular weight excluding hydrogens is 420 g/mol. The molecule has 1 aliphatic heterocycles. The predicted molar refractivity (Wildman–Crippen MR) is 123 cm³/mol. The van der Waals surface area contributed by atoms with E-state index in [1.54, 1.807) is 24.4 Å². The molecule has 0 saturated carbocycles. The van der Waals surface area contributed by atoms with E-state index in [0.29, 0.717) is 24.5 Å². The van der Waals surface area contributed by atoms with Crippen molar-refractivity contribution in [3.8, 4) is 17.7 Å². The lowest BCUT2D eigenvalue weighted by atomic mass is 10.1. The maximum absolute atomic E-state index is 13.3. The van der Waals surface area contributed by atoms with Gasteiger partial charge in [0.1, 0.15) is 28.6 Å². The number of hydrogen-bond donors (Lipinski definition) is 1. The third-order valence-electron chi connectivity index (χ3n) is 5.45. The molecule has 0 bridgehead atoms. The van der Waals surface area contributed by atoms with Gasteiger partial charge < -0.3 is 14.8 Å². The summed E-state index contributed by atoms with van der Waals surface area (Å²) >= 11 is 0. The average Bonchev–Trinajstić information content (AvgIpc) is 3.33. The summed E-state index contributed by atoms with van der Waals surface area (Å²) in [7, 11) is 0. The summed E-state index contributed by atoms with van der Waals surface area (Å²) < 4.78 is 12.8. The SMILES string of the molecule is Cc1ccc(Oc2nc3c(C)cccn3c(=O)c2C=C(C#N)C(=O)NCC2CCCO2)cc1. The smallest absolute Gasteiger partial charge is 0.269 e. The maximum atomic E-state index is 13.3. The normalized spacial score (nSPS) is 15.9. The summed E-state index contributed by atoms with van der Waals surface area (Å²) in [6, 6.07) is 12.8. The van der Waals surface area contributed by atoms with Crippen molar-refractivity contribution in [3.63, 3.8) is 0 Å². The molecule has 3 heterocycles. The molecule has 33 heavy (non-hydrogen) atoms. The summed E-state index contributed by atoms with van der Waals surface area (Å²) in [6.07, 6.45) is 4.56. The van der Waals surface area contributed by atoms with Crippen LogP contribution in [0.25, 0.3) is 11.7 Å². The van der Waals surface area contributed by atoms with Gasteiger partial charge in [-0.1, -0.05) is 23.8 Å². The Morgan fingerprint density at radius 1 is 1.33 bits per heavy atom. The second-order valence-corrected chi connectivity index (χ2v) is 7.95. The summed E-state index contributed by atoms with van der Waals surface area (Å²) in [4.78, 5) is 30.5. The number of amides is 1. The van der Waals surface area contributed by atoms with Gasteiger partial charge in [-0.2, -0.15) is 10.2 Å². The van der Waals surface area contributed by atoms with Gasteiger partial charge in [-0.3, -0.25) is 14.0 Å². The van der Waals surface area contributed by atoms with Crippen LogP contribution in [0.5, 0.6) is 11.6 Å². The fourth-order valence-corrected chi connectivity index (χ4v) is 3.61. The van der Waals surface area contributed by atoms with Crippen molar-refractivity contribution >= 4 is 17.6 Å². The van der Waals surface area contributed by atoms with Crippen LogP contribution in [0.2, 0.25) is 0 Å². The third-order valence-corrected chi connectivity index (χ3v) is 5.45. The number of ether oxygens (including phenoxy) is 2. The average molecular weight is 444 g/mol. The summed E-state index contributed by atoms with van der Waals surface area (Å²) in [6.45, 7) is 4.77. The molecule has 4 rings (SSSR count). The molecule has 168 valence electrons. The van der Waals surface area contributed by atoms with Crippen LogP contribution in [0, 0.1) is 25.2 Å². The van der Waals surface area contributed by atoms with Crippen LogP contribution < -0.4 is 15.6 Å². The van der Waals surface area contributed by atoms with Gasteiger partial charge in [0, 0.05) is 19.3 Å². The number of nitriles is 1. The van der Waals surface area contributed by atoms with E-state index in [1.165, 1.54) is 10.5 Å². The summed E-state index contributed by atoms with van der Waals surface area (Å²) in [5.74, 6) is -0.0673. The van der Waals surface area contributed by atoms with Crippen LogP contribution in [0.15, 0.2) is 53.0 Å². The summed E-state index contributed by atoms with van der Waals surface area (Å²) in [5.41, 5.74) is 1.64. The van der Waals surface area contributed by atoms with Gasteiger partial charge in [-0.05, 0) is 56.5 Å². The van der Waals surface area contributed by atoms with E-state index in [4.69, 9.17) is 9.47 Å². The zero-order valence-electron chi connectivity index (χ0n) is 18.5. The van der Waals surface area contributed by atoms with Crippen molar-refractivity contribution in [1.29, 1.82) is 5.26 Å². The van der Waals surface area contributed by atoms with Gasteiger partial charge in [0.2, 0.25) is 5.88 Å². The standard InChI is InChI=1S/C25H24N4O4/c1-16-7-9-19(10-8-16)33-24-21(25(31)29-11-3-5-17(2)22(29)28-24)13-18(14-26)23(30)27-15-20-6-4-12-32-20/h3,5,7-11,13,20H,4,6,12,15H2,1-2H3,(H,27,30). The van der Waals surface area contributed by atoms with Gasteiger partial charge in [0.15, 0.2) is 0 Å². The molecule has 1 amide bonds. The van der Waals surface area contributed by atoms with Crippen LogP contribution in [0.3, 0.4) is 0 Å². The van der Waals surface area contributed by atoms with Crippen LogP contribution in [0.4, 0.5) is 0 Å². The third kappa shape index (κ3) is 4.94. The first-order valence-electron chi connectivity index (χ1n) is 10.7. The Labute approximate surface area is 191 Å². The number of hydrogen-bond acceptors (Lipinski definition) is 6. The molecule has 1 fully saturated rings. The van der Waals surface area contributed by atoms with Crippen LogP contribution >= 0.6 is 0 Å². The highest BCUT2D eigenvalue weighted by molar-refractivity contribution is 6.01. The van der Waals surface area contributed by atoms with E-state index in [-0.39, 0.29) is 23.1 Å². The second kappa shape index (κ2) is 9.67. The largest absolute Gasteiger partial charge is 0.438 e. The van der Waals surface area contributed by atoms with E-state index in [0.717, 1.165) is 24.0 Å². The van der Waals surface area contributed by atoms with Crippen molar-refractivity contribution < 1.29 is 14.3 Å². The Bertz CT molecular complexity index is 1310. The molecule has 1 N–H and O–H groups in total. The van der Waals surface area contributed by atoms with E-state index in [1.807, 2.05) is 38.1 Å². The minimum atomic E-state index is -0.581. The van der Waals surface area contributed by atoms with E-state index in [9.17, 15) is 14.9 Å². The maximum Gasteiger partial charge on any atom is 0.269 e.